The molecule has 1 heterocycles. The second-order valence-corrected chi connectivity index (χ2v) is 5.19. The van der Waals surface area contributed by atoms with E-state index >= 15 is 0 Å². The molecular formula is C17H20N2O4. The minimum atomic E-state index is -0.170. The van der Waals surface area contributed by atoms with E-state index in [2.05, 4.69) is 5.32 Å². The first-order valence-electron chi connectivity index (χ1n) is 7.37. The number of nitrogens with one attached hydrogen (secondary N) is 1. The highest BCUT2D eigenvalue weighted by atomic mass is 16.3. The molecule has 0 aliphatic rings. The average Bonchev–Trinajstić information content (AvgIpc) is 3.01. The summed E-state index contributed by atoms with van der Waals surface area (Å²) in [5, 5.41) is 12.5. The molecule has 0 radical (unpaired) electrons. The van der Waals surface area contributed by atoms with Crippen molar-refractivity contribution in [3.05, 3.63) is 54.0 Å². The first kappa shape index (κ1) is 16.6. The lowest BCUT2D eigenvalue weighted by Gasteiger charge is -2.22. The Morgan fingerprint density at radius 2 is 1.96 bits per heavy atom. The Bertz CT molecular complexity index is 652. The number of phenolic OH excluding ortho intramolecular Hbond substituents is 1. The minimum Gasteiger partial charge on any atom is -0.508 e. The van der Waals surface area contributed by atoms with Crippen LogP contribution in [0.25, 0.3) is 0 Å². The van der Waals surface area contributed by atoms with Crippen molar-refractivity contribution in [3.63, 3.8) is 0 Å². The van der Waals surface area contributed by atoms with Crippen molar-refractivity contribution in [3.8, 4) is 5.75 Å². The number of carbonyl (C=O) groups excluding carboxylic acids is 2. The smallest absolute Gasteiger partial charge is 0.225 e. The van der Waals surface area contributed by atoms with Crippen molar-refractivity contribution >= 4 is 11.8 Å². The van der Waals surface area contributed by atoms with Crippen LogP contribution >= 0.6 is 0 Å². The number of aromatic hydroxyl groups is 1. The number of amides is 2. The third-order valence-corrected chi connectivity index (χ3v) is 3.35. The molecule has 1 aromatic carbocycles. The summed E-state index contributed by atoms with van der Waals surface area (Å²) in [4.78, 5) is 24.9. The van der Waals surface area contributed by atoms with Gasteiger partial charge >= 0.3 is 0 Å². The van der Waals surface area contributed by atoms with Gasteiger partial charge in [-0.15, -0.1) is 0 Å². The van der Waals surface area contributed by atoms with Gasteiger partial charge < -0.3 is 19.7 Å². The second kappa shape index (κ2) is 8.03. The summed E-state index contributed by atoms with van der Waals surface area (Å²) in [5.41, 5.74) is 0.659. The summed E-state index contributed by atoms with van der Waals surface area (Å²) in [6.45, 7) is 2.27. The number of para-hydroxylation sites is 1. The lowest BCUT2D eigenvalue weighted by Crippen LogP contribution is -2.33. The maximum atomic E-state index is 12.4. The van der Waals surface area contributed by atoms with Crippen molar-refractivity contribution in [1.82, 2.24) is 10.2 Å². The molecule has 2 amide bonds. The van der Waals surface area contributed by atoms with Crippen molar-refractivity contribution in [2.75, 3.05) is 6.54 Å². The maximum absolute atomic E-state index is 12.4. The molecule has 2 N–H and O–H groups in total. The van der Waals surface area contributed by atoms with Crippen LogP contribution in [0.1, 0.15) is 24.7 Å². The third-order valence-electron chi connectivity index (χ3n) is 3.35. The van der Waals surface area contributed by atoms with E-state index in [-0.39, 0.29) is 37.1 Å². The van der Waals surface area contributed by atoms with Gasteiger partial charge in [0.25, 0.3) is 0 Å². The quantitative estimate of drug-likeness (QED) is 0.819. The van der Waals surface area contributed by atoms with Crippen LogP contribution < -0.4 is 5.32 Å². The molecular weight excluding hydrogens is 296 g/mol. The Labute approximate surface area is 134 Å². The van der Waals surface area contributed by atoms with Gasteiger partial charge in [-0.05, 0) is 18.2 Å². The molecule has 23 heavy (non-hydrogen) atoms. The van der Waals surface area contributed by atoms with E-state index in [0.29, 0.717) is 17.9 Å². The van der Waals surface area contributed by atoms with Gasteiger partial charge in [-0.3, -0.25) is 9.59 Å². The lowest BCUT2D eigenvalue weighted by atomic mass is 10.1. The summed E-state index contributed by atoms with van der Waals surface area (Å²) in [7, 11) is 0. The molecule has 0 aliphatic carbocycles. The average molecular weight is 316 g/mol. The van der Waals surface area contributed by atoms with Crippen molar-refractivity contribution < 1.29 is 19.1 Å². The number of carbonyl (C=O) groups is 2. The fraction of sp³-hybridized carbons (Fsp3) is 0.294. The van der Waals surface area contributed by atoms with Gasteiger partial charge in [0.15, 0.2) is 0 Å². The van der Waals surface area contributed by atoms with Gasteiger partial charge in [0.2, 0.25) is 11.8 Å². The number of furan rings is 1. The monoisotopic (exact) mass is 316 g/mol. The first-order valence-corrected chi connectivity index (χ1v) is 7.37. The molecule has 6 heteroatoms. The molecule has 6 nitrogen and oxygen atoms in total. The highest BCUT2D eigenvalue weighted by Gasteiger charge is 2.17. The molecule has 0 unspecified atom stereocenters. The van der Waals surface area contributed by atoms with E-state index in [0.717, 1.165) is 0 Å². The van der Waals surface area contributed by atoms with E-state index in [4.69, 9.17) is 4.42 Å². The molecule has 0 fully saturated rings. The summed E-state index contributed by atoms with van der Waals surface area (Å²) in [6, 6.07) is 10.4. The van der Waals surface area contributed by atoms with E-state index < -0.39 is 0 Å². The van der Waals surface area contributed by atoms with E-state index in [1.54, 1.807) is 41.5 Å². The lowest BCUT2D eigenvalue weighted by molar-refractivity contribution is -0.132. The van der Waals surface area contributed by atoms with Crippen LogP contribution in [0.5, 0.6) is 5.75 Å². The van der Waals surface area contributed by atoms with Crippen LogP contribution in [0.4, 0.5) is 0 Å². The van der Waals surface area contributed by atoms with Gasteiger partial charge in [-0.2, -0.15) is 0 Å². The standard InChI is InChI=1S/C17H20N2O4/c1-13(20)18-9-8-17(22)19(12-15-6-4-10-23-15)11-14-5-2-3-7-16(14)21/h2-7,10,21H,8-9,11-12H2,1H3,(H,18,20). The Hall–Kier alpha value is -2.76. The molecule has 0 spiro atoms. The highest BCUT2D eigenvalue weighted by molar-refractivity contribution is 5.78. The molecule has 1 aromatic heterocycles. The Balaban J connectivity index is 2.06. The van der Waals surface area contributed by atoms with Gasteiger partial charge in [-0.25, -0.2) is 0 Å². The van der Waals surface area contributed by atoms with E-state index in [9.17, 15) is 14.7 Å². The Kier molecular flexibility index (Phi) is 5.80. The number of hydrogen-bond donors (Lipinski definition) is 2. The predicted octanol–water partition coefficient (Wildman–Crippen LogP) is 2.04. The van der Waals surface area contributed by atoms with Crippen LogP contribution in [-0.2, 0) is 22.7 Å². The van der Waals surface area contributed by atoms with Gasteiger partial charge in [-0.1, -0.05) is 18.2 Å². The summed E-state index contributed by atoms with van der Waals surface area (Å²) in [5.74, 6) is 0.509. The Morgan fingerprint density at radius 3 is 2.61 bits per heavy atom. The molecule has 0 bridgehead atoms. The summed E-state index contributed by atoms with van der Waals surface area (Å²) < 4.78 is 5.30. The molecule has 0 saturated carbocycles. The summed E-state index contributed by atoms with van der Waals surface area (Å²) in [6.07, 6.45) is 1.74. The van der Waals surface area contributed by atoms with Gasteiger partial charge in [0.1, 0.15) is 11.5 Å². The zero-order chi connectivity index (χ0) is 16.7. The molecule has 0 saturated heterocycles. The van der Waals surface area contributed by atoms with Crippen molar-refractivity contribution in [2.24, 2.45) is 0 Å². The SMILES string of the molecule is CC(=O)NCCC(=O)N(Cc1ccco1)Cc1ccccc1O. The highest BCUT2D eigenvalue weighted by Crippen LogP contribution is 2.19. The third kappa shape index (κ3) is 5.18. The van der Waals surface area contributed by atoms with Crippen molar-refractivity contribution in [2.45, 2.75) is 26.4 Å². The van der Waals surface area contributed by atoms with Crippen LogP contribution in [-0.4, -0.2) is 28.4 Å². The van der Waals surface area contributed by atoms with Crippen LogP contribution in [0.15, 0.2) is 47.1 Å². The second-order valence-electron chi connectivity index (χ2n) is 5.19. The van der Waals surface area contributed by atoms with Gasteiger partial charge in [0, 0.05) is 32.0 Å². The maximum Gasteiger partial charge on any atom is 0.225 e. The predicted molar refractivity (Wildman–Crippen MR) is 84.4 cm³/mol. The van der Waals surface area contributed by atoms with Crippen LogP contribution in [0.2, 0.25) is 0 Å². The Morgan fingerprint density at radius 1 is 1.17 bits per heavy atom. The number of hydrogen-bond acceptors (Lipinski definition) is 4. The van der Waals surface area contributed by atoms with Gasteiger partial charge in [0.05, 0.1) is 12.8 Å². The normalized spacial score (nSPS) is 10.3. The van der Waals surface area contributed by atoms with Crippen LogP contribution in [0.3, 0.4) is 0 Å². The van der Waals surface area contributed by atoms with Crippen LogP contribution in [0, 0.1) is 0 Å². The zero-order valence-corrected chi connectivity index (χ0v) is 13.0. The number of rotatable bonds is 7. The first-order chi connectivity index (χ1) is 11.1. The minimum absolute atomic E-state index is 0.126. The molecule has 0 aliphatic heterocycles. The fourth-order valence-corrected chi connectivity index (χ4v) is 2.18. The molecule has 0 atom stereocenters. The molecule has 2 rings (SSSR count). The van der Waals surface area contributed by atoms with E-state index in [1.165, 1.54) is 6.92 Å². The molecule has 122 valence electrons. The topological polar surface area (TPSA) is 82.8 Å². The largest absolute Gasteiger partial charge is 0.508 e. The van der Waals surface area contributed by atoms with Crippen molar-refractivity contribution in [1.29, 1.82) is 0 Å². The summed E-state index contributed by atoms with van der Waals surface area (Å²) >= 11 is 0. The number of nitrogens with zero attached hydrogens (tertiary/aromatic N) is 1. The molecule has 2 aromatic rings. The van der Waals surface area contributed by atoms with E-state index in [1.807, 2.05) is 6.07 Å². The fourth-order valence-electron chi connectivity index (χ4n) is 2.18. The number of benzene rings is 1. The number of phenols is 1. The zero-order valence-electron chi connectivity index (χ0n) is 13.0.